The number of carbonyl (C=O) groups is 1. The van der Waals surface area contributed by atoms with Gasteiger partial charge in [-0.15, -0.1) is 0 Å². The van der Waals surface area contributed by atoms with Crippen LogP contribution in [0.2, 0.25) is 0 Å². The van der Waals surface area contributed by atoms with E-state index in [1.807, 2.05) is 56.3 Å². The zero-order chi connectivity index (χ0) is 23.8. The Hall–Kier alpha value is -3.48. The predicted molar refractivity (Wildman–Crippen MR) is 130 cm³/mol. The Morgan fingerprint density at radius 1 is 1.00 bits per heavy atom. The summed E-state index contributed by atoms with van der Waals surface area (Å²) in [6, 6.07) is 14.9. The number of benzene rings is 2. The van der Waals surface area contributed by atoms with Gasteiger partial charge in [0.25, 0.3) is 5.91 Å². The third kappa shape index (κ3) is 4.40. The summed E-state index contributed by atoms with van der Waals surface area (Å²) in [4.78, 5) is 14.9. The third-order valence-corrected chi connectivity index (χ3v) is 6.37. The van der Waals surface area contributed by atoms with Gasteiger partial charge < -0.3 is 4.74 Å². The van der Waals surface area contributed by atoms with Crippen LogP contribution < -0.4 is 9.75 Å². The quantitative estimate of drug-likeness (QED) is 0.518. The number of hydrogen-bond donors (Lipinski definition) is 0. The first-order valence-corrected chi connectivity index (χ1v) is 11.3. The van der Waals surface area contributed by atoms with E-state index in [1.54, 1.807) is 0 Å². The Balaban J connectivity index is 1.69. The van der Waals surface area contributed by atoms with E-state index in [0.717, 1.165) is 29.1 Å². The van der Waals surface area contributed by atoms with Crippen LogP contribution in [0.3, 0.4) is 0 Å². The van der Waals surface area contributed by atoms with Gasteiger partial charge in [-0.2, -0.15) is 25.1 Å². The summed E-state index contributed by atoms with van der Waals surface area (Å²) >= 11 is 0. The number of aromatic nitrogens is 3. The molecule has 1 aliphatic rings. The third-order valence-electron chi connectivity index (χ3n) is 6.37. The molecule has 7 heteroatoms. The minimum Gasteiger partial charge on any atom is -0.487 e. The Morgan fingerprint density at radius 3 is 2.30 bits per heavy atom. The van der Waals surface area contributed by atoms with E-state index in [0.29, 0.717) is 11.4 Å². The lowest BCUT2D eigenvalue weighted by molar-refractivity contribution is -0.119. The van der Waals surface area contributed by atoms with Crippen molar-refractivity contribution < 1.29 is 9.53 Å². The van der Waals surface area contributed by atoms with Gasteiger partial charge in [0.2, 0.25) is 0 Å². The van der Waals surface area contributed by atoms with Crippen molar-refractivity contribution in [2.45, 2.75) is 59.4 Å². The molecule has 0 N–H and O–H groups in total. The monoisotopic (exact) mass is 445 g/mol. The molecule has 1 atom stereocenters. The number of rotatable bonds is 7. The molecule has 7 nitrogen and oxygen atoms in total. The number of para-hydroxylation sites is 1. The summed E-state index contributed by atoms with van der Waals surface area (Å²) in [5, 5.41) is 15.0. The fourth-order valence-corrected chi connectivity index (χ4v) is 3.82. The van der Waals surface area contributed by atoms with E-state index in [4.69, 9.17) is 4.74 Å². The number of hydrazone groups is 1. The Bertz CT molecular complexity index is 1180. The SMILES string of the molecule is CCC(C)(C)c1cc(C)ccc1OCC1=NN(c2ccccc2)C(=O)C1n1nc(C)c(C)n1. The van der Waals surface area contributed by atoms with Gasteiger partial charge in [-0.05, 0) is 50.8 Å². The molecule has 0 spiro atoms. The van der Waals surface area contributed by atoms with Crippen molar-refractivity contribution in [1.29, 1.82) is 0 Å². The van der Waals surface area contributed by atoms with Crippen molar-refractivity contribution in [3.63, 3.8) is 0 Å². The van der Waals surface area contributed by atoms with Crippen LogP contribution in [0.5, 0.6) is 5.75 Å². The van der Waals surface area contributed by atoms with Gasteiger partial charge in [0, 0.05) is 5.56 Å². The van der Waals surface area contributed by atoms with Crippen LogP contribution in [0, 0.1) is 20.8 Å². The predicted octanol–water partition coefficient (Wildman–Crippen LogP) is 4.91. The minimum absolute atomic E-state index is 0.0398. The number of hydrogen-bond acceptors (Lipinski definition) is 5. The number of nitrogens with zero attached hydrogens (tertiary/aromatic N) is 5. The fraction of sp³-hybridized carbons (Fsp3) is 0.385. The maximum atomic E-state index is 13.4. The van der Waals surface area contributed by atoms with Crippen LogP contribution in [0.25, 0.3) is 0 Å². The summed E-state index contributed by atoms with van der Waals surface area (Å²) in [7, 11) is 0. The second kappa shape index (κ2) is 8.81. The van der Waals surface area contributed by atoms with Crippen molar-refractivity contribution >= 4 is 17.3 Å². The van der Waals surface area contributed by atoms with Gasteiger partial charge in [0.1, 0.15) is 18.1 Å². The zero-order valence-corrected chi connectivity index (χ0v) is 20.2. The molecule has 0 radical (unpaired) electrons. The number of ether oxygens (including phenoxy) is 1. The molecule has 0 aliphatic carbocycles. The molecule has 172 valence electrons. The largest absolute Gasteiger partial charge is 0.487 e. The van der Waals surface area contributed by atoms with Crippen LogP contribution in [0.15, 0.2) is 53.6 Å². The Labute approximate surface area is 195 Å². The molecule has 33 heavy (non-hydrogen) atoms. The molecular weight excluding hydrogens is 414 g/mol. The zero-order valence-electron chi connectivity index (χ0n) is 20.2. The lowest BCUT2D eigenvalue weighted by atomic mass is 9.81. The summed E-state index contributed by atoms with van der Waals surface area (Å²) in [5.41, 5.74) is 5.13. The lowest BCUT2D eigenvalue weighted by Crippen LogP contribution is -2.33. The standard InChI is InChI=1S/C26H31N5O2/c1-7-26(5,6)21-15-17(2)13-14-23(21)33-16-22-24(31-27-18(3)19(4)28-31)25(32)30(29-22)20-11-9-8-10-12-20/h8-15,24H,7,16H2,1-6H3. The molecule has 1 amide bonds. The highest BCUT2D eigenvalue weighted by molar-refractivity contribution is 6.17. The van der Waals surface area contributed by atoms with Gasteiger partial charge in [-0.25, -0.2) is 0 Å². The maximum absolute atomic E-state index is 13.4. The average molecular weight is 446 g/mol. The van der Waals surface area contributed by atoms with Gasteiger partial charge >= 0.3 is 0 Å². The molecule has 1 aliphatic heterocycles. The van der Waals surface area contributed by atoms with Crippen LogP contribution in [-0.4, -0.2) is 33.2 Å². The van der Waals surface area contributed by atoms with E-state index in [-0.39, 0.29) is 17.9 Å². The van der Waals surface area contributed by atoms with E-state index in [9.17, 15) is 4.79 Å². The topological polar surface area (TPSA) is 72.6 Å². The smallest absolute Gasteiger partial charge is 0.280 e. The molecule has 0 bridgehead atoms. The molecular formula is C26H31N5O2. The molecule has 1 unspecified atom stereocenters. The number of amides is 1. The number of carbonyl (C=O) groups excluding carboxylic acids is 1. The molecule has 0 saturated carbocycles. The van der Waals surface area contributed by atoms with Crippen molar-refractivity contribution in [2.24, 2.45) is 5.10 Å². The molecule has 1 aromatic heterocycles. The van der Waals surface area contributed by atoms with Crippen LogP contribution in [0.4, 0.5) is 5.69 Å². The highest BCUT2D eigenvalue weighted by Crippen LogP contribution is 2.35. The highest BCUT2D eigenvalue weighted by atomic mass is 16.5. The van der Waals surface area contributed by atoms with Crippen molar-refractivity contribution in [3.8, 4) is 5.75 Å². The van der Waals surface area contributed by atoms with E-state index < -0.39 is 6.04 Å². The lowest BCUT2D eigenvalue weighted by Gasteiger charge is -2.26. The summed E-state index contributed by atoms with van der Waals surface area (Å²) < 4.78 is 6.31. The summed E-state index contributed by atoms with van der Waals surface area (Å²) in [6.45, 7) is 12.6. The normalized spacial score (nSPS) is 16.3. The number of aryl methyl sites for hydroxylation is 3. The van der Waals surface area contributed by atoms with Gasteiger partial charge in [-0.1, -0.05) is 56.7 Å². The molecule has 2 heterocycles. The average Bonchev–Trinajstić information content (AvgIpc) is 3.31. The molecule has 0 fully saturated rings. The van der Waals surface area contributed by atoms with Crippen LogP contribution in [0.1, 0.15) is 55.7 Å². The van der Waals surface area contributed by atoms with Crippen molar-refractivity contribution in [3.05, 3.63) is 71.0 Å². The first-order chi connectivity index (χ1) is 15.7. The fourth-order valence-electron chi connectivity index (χ4n) is 3.82. The van der Waals surface area contributed by atoms with Gasteiger partial charge in [-0.3, -0.25) is 4.79 Å². The van der Waals surface area contributed by atoms with Crippen molar-refractivity contribution in [1.82, 2.24) is 15.0 Å². The molecule has 3 aromatic rings. The molecule has 0 saturated heterocycles. The van der Waals surface area contributed by atoms with E-state index in [2.05, 4.69) is 49.1 Å². The second-order valence-electron chi connectivity index (χ2n) is 9.20. The molecule has 2 aromatic carbocycles. The van der Waals surface area contributed by atoms with Gasteiger partial charge in [0.05, 0.1) is 17.1 Å². The summed E-state index contributed by atoms with van der Waals surface area (Å²) in [5.74, 6) is 0.605. The number of anilines is 1. The Morgan fingerprint density at radius 2 is 1.67 bits per heavy atom. The maximum Gasteiger partial charge on any atom is 0.280 e. The van der Waals surface area contributed by atoms with Crippen molar-refractivity contribution in [2.75, 3.05) is 11.6 Å². The van der Waals surface area contributed by atoms with Gasteiger partial charge in [0.15, 0.2) is 6.04 Å². The molecule has 4 rings (SSSR count). The van der Waals surface area contributed by atoms with E-state index >= 15 is 0 Å². The first-order valence-electron chi connectivity index (χ1n) is 11.3. The first kappa shape index (κ1) is 22.7. The minimum atomic E-state index is -0.745. The van der Waals surface area contributed by atoms with Crippen LogP contribution in [-0.2, 0) is 10.2 Å². The van der Waals surface area contributed by atoms with Crippen LogP contribution >= 0.6 is 0 Å². The highest BCUT2D eigenvalue weighted by Gasteiger charge is 2.40. The second-order valence-corrected chi connectivity index (χ2v) is 9.20. The van der Waals surface area contributed by atoms with E-state index in [1.165, 1.54) is 15.4 Å². The summed E-state index contributed by atoms with van der Waals surface area (Å²) in [6.07, 6.45) is 0.979. The Kier molecular flexibility index (Phi) is 6.06.